The molecule has 0 saturated heterocycles. The highest BCUT2D eigenvalue weighted by molar-refractivity contribution is 5.81. The first-order chi connectivity index (χ1) is 16.7. The summed E-state index contributed by atoms with van der Waals surface area (Å²) in [6, 6.07) is 36.3. The van der Waals surface area contributed by atoms with Crippen LogP contribution in [0, 0.1) is 0 Å². The van der Waals surface area contributed by atoms with Crippen molar-refractivity contribution < 1.29 is 9.47 Å². The van der Waals surface area contributed by atoms with Crippen LogP contribution in [0.1, 0.15) is 34.3 Å². The maximum absolute atomic E-state index is 6.06. The summed E-state index contributed by atoms with van der Waals surface area (Å²) >= 11 is 0. The molecule has 34 heavy (non-hydrogen) atoms. The van der Waals surface area contributed by atoms with Gasteiger partial charge in [0.1, 0.15) is 30.8 Å². The summed E-state index contributed by atoms with van der Waals surface area (Å²) in [6.07, 6.45) is 0. The highest BCUT2D eigenvalue weighted by atomic mass is 16.5. The molecule has 1 aliphatic rings. The lowest BCUT2D eigenvalue weighted by molar-refractivity contribution is 0.306. The van der Waals surface area contributed by atoms with Gasteiger partial charge in [0.25, 0.3) is 0 Å². The molecule has 0 aliphatic carbocycles. The average molecular weight is 450 g/mol. The van der Waals surface area contributed by atoms with Crippen molar-refractivity contribution in [2.75, 3.05) is 0 Å². The Balaban J connectivity index is 1.24. The van der Waals surface area contributed by atoms with Crippen LogP contribution in [0.3, 0.4) is 0 Å². The molecule has 0 radical (unpaired) electrons. The summed E-state index contributed by atoms with van der Waals surface area (Å²) in [5.41, 5.74) is 10.5. The Hall–Kier alpha value is -4.25. The second-order valence-corrected chi connectivity index (χ2v) is 8.27. The van der Waals surface area contributed by atoms with Gasteiger partial charge in [0.2, 0.25) is 0 Å². The molecular formula is C29H27N3O2. The van der Waals surface area contributed by atoms with Crippen molar-refractivity contribution >= 4 is 5.96 Å². The van der Waals surface area contributed by atoms with Gasteiger partial charge >= 0.3 is 0 Å². The van der Waals surface area contributed by atoms with Gasteiger partial charge in [-0.15, -0.1) is 0 Å². The van der Waals surface area contributed by atoms with Gasteiger partial charge in [0, 0.05) is 0 Å². The predicted molar refractivity (Wildman–Crippen MR) is 135 cm³/mol. The smallest absolute Gasteiger partial charge is 0.189 e. The van der Waals surface area contributed by atoms with Gasteiger partial charge in [0.05, 0.1) is 6.04 Å². The lowest BCUT2D eigenvalue weighted by Gasteiger charge is -2.20. The van der Waals surface area contributed by atoms with E-state index in [-0.39, 0.29) is 12.1 Å². The quantitative estimate of drug-likeness (QED) is 0.370. The molecule has 170 valence electrons. The fourth-order valence-electron chi connectivity index (χ4n) is 4.05. The molecule has 5 nitrogen and oxygen atoms in total. The fourth-order valence-corrected chi connectivity index (χ4v) is 4.05. The highest BCUT2D eigenvalue weighted by Gasteiger charge is 2.30. The van der Waals surface area contributed by atoms with E-state index >= 15 is 0 Å². The predicted octanol–water partition coefficient (Wildman–Crippen LogP) is 5.54. The molecule has 4 aromatic rings. The molecule has 0 saturated carbocycles. The summed E-state index contributed by atoms with van der Waals surface area (Å²) < 4.78 is 11.8. The largest absolute Gasteiger partial charge is 0.489 e. The summed E-state index contributed by atoms with van der Waals surface area (Å²) in [6.45, 7) is 1.08. The van der Waals surface area contributed by atoms with Crippen LogP contribution in [0.15, 0.2) is 114 Å². The third kappa shape index (κ3) is 5.21. The van der Waals surface area contributed by atoms with Crippen LogP contribution >= 0.6 is 0 Å². The Kier molecular flexibility index (Phi) is 6.43. The van der Waals surface area contributed by atoms with Crippen molar-refractivity contribution in [1.82, 2.24) is 5.32 Å². The number of hydrogen-bond acceptors (Lipinski definition) is 5. The number of guanidine groups is 1. The number of nitrogens with zero attached hydrogens (tertiary/aromatic N) is 1. The lowest BCUT2D eigenvalue weighted by Crippen LogP contribution is -2.30. The molecule has 0 aromatic heterocycles. The third-order valence-electron chi connectivity index (χ3n) is 5.85. The van der Waals surface area contributed by atoms with E-state index in [1.807, 2.05) is 60.7 Å². The Bertz CT molecular complexity index is 1220. The first kappa shape index (κ1) is 21.6. The minimum absolute atomic E-state index is 0.0424. The van der Waals surface area contributed by atoms with Crippen molar-refractivity contribution in [2.45, 2.75) is 25.3 Å². The number of aliphatic imine (C=N–C) groups is 1. The number of nitrogens with two attached hydrogens (primary N) is 1. The standard InChI is InChI=1S/C29H27N3O2/c30-29-31-27(23-11-15-25(16-12-23)33-19-21-7-3-1-4-8-21)28(32-29)24-13-17-26(18-14-24)34-20-22-9-5-2-6-10-22/h1-18,27-28H,19-20H2,(H3,30,31,32)/t27-,28-/m1/s1. The van der Waals surface area contributed by atoms with E-state index in [9.17, 15) is 0 Å². The summed E-state index contributed by atoms with van der Waals surface area (Å²) in [5, 5.41) is 3.31. The number of hydrogen-bond donors (Lipinski definition) is 2. The molecule has 5 rings (SSSR count). The zero-order chi connectivity index (χ0) is 23.2. The van der Waals surface area contributed by atoms with Gasteiger partial charge in [-0.3, -0.25) is 0 Å². The van der Waals surface area contributed by atoms with Crippen molar-refractivity contribution in [3.05, 3.63) is 131 Å². The summed E-state index contributed by atoms with van der Waals surface area (Å²) in [5.74, 6) is 2.10. The number of benzene rings is 4. The second kappa shape index (κ2) is 10.1. The lowest BCUT2D eigenvalue weighted by atomic mass is 9.95. The maximum Gasteiger partial charge on any atom is 0.189 e. The summed E-state index contributed by atoms with van der Waals surface area (Å²) in [7, 11) is 0. The Morgan fingerprint density at radius 2 is 1.09 bits per heavy atom. The van der Waals surface area contributed by atoms with Crippen LogP contribution < -0.4 is 20.5 Å². The molecule has 1 aliphatic heterocycles. The van der Waals surface area contributed by atoms with E-state index in [0.717, 1.165) is 33.8 Å². The van der Waals surface area contributed by atoms with Crippen molar-refractivity contribution in [3.63, 3.8) is 0 Å². The normalized spacial score (nSPS) is 17.0. The van der Waals surface area contributed by atoms with Crippen molar-refractivity contribution in [1.29, 1.82) is 0 Å². The van der Waals surface area contributed by atoms with Crippen molar-refractivity contribution in [3.8, 4) is 11.5 Å². The number of nitrogens with one attached hydrogen (secondary N) is 1. The minimum atomic E-state index is -0.112. The van der Waals surface area contributed by atoms with E-state index < -0.39 is 0 Å². The van der Waals surface area contributed by atoms with Crippen molar-refractivity contribution in [2.24, 2.45) is 10.7 Å². The molecule has 2 atom stereocenters. The molecule has 0 bridgehead atoms. The summed E-state index contributed by atoms with van der Waals surface area (Å²) in [4.78, 5) is 4.65. The monoisotopic (exact) mass is 449 g/mol. The topological polar surface area (TPSA) is 68.9 Å². The Morgan fingerprint density at radius 3 is 1.59 bits per heavy atom. The van der Waals surface area contributed by atoms with Crippen LogP contribution in [0.25, 0.3) is 0 Å². The number of ether oxygens (including phenoxy) is 2. The molecule has 3 N–H and O–H groups in total. The molecule has 5 heteroatoms. The molecule has 0 spiro atoms. The van der Waals surface area contributed by atoms with Crippen LogP contribution in [-0.2, 0) is 13.2 Å². The van der Waals surface area contributed by atoms with Gasteiger partial charge in [-0.05, 0) is 46.5 Å². The average Bonchev–Trinajstić information content (AvgIpc) is 3.29. The molecule has 0 unspecified atom stereocenters. The van der Waals surface area contributed by atoms with Crippen LogP contribution in [0.4, 0.5) is 0 Å². The van der Waals surface area contributed by atoms with Gasteiger partial charge < -0.3 is 20.5 Å². The van der Waals surface area contributed by atoms with Crippen LogP contribution in [0.5, 0.6) is 11.5 Å². The molecule has 0 fully saturated rings. The second-order valence-electron chi connectivity index (χ2n) is 8.27. The SMILES string of the molecule is NC1=N[C@H](c2ccc(OCc3ccccc3)cc2)[C@@H](c2ccc(OCc3ccccc3)cc2)N1. The zero-order valence-electron chi connectivity index (χ0n) is 18.8. The highest BCUT2D eigenvalue weighted by Crippen LogP contribution is 2.36. The maximum atomic E-state index is 6.06. The van der Waals surface area contributed by atoms with E-state index in [4.69, 9.17) is 15.2 Å². The van der Waals surface area contributed by atoms with E-state index in [2.05, 4.69) is 58.8 Å². The minimum Gasteiger partial charge on any atom is -0.489 e. The van der Waals surface area contributed by atoms with Gasteiger partial charge in [0.15, 0.2) is 5.96 Å². The number of rotatable bonds is 8. The van der Waals surface area contributed by atoms with E-state index in [1.165, 1.54) is 0 Å². The van der Waals surface area contributed by atoms with Gasteiger partial charge in [-0.1, -0.05) is 84.9 Å². The molecule has 4 aromatic carbocycles. The third-order valence-corrected chi connectivity index (χ3v) is 5.85. The first-order valence-corrected chi connectivity index (χ1v) is 11.4. The van der Waals surface area contributed by atoms with E-state index in [1.54, 1.807) is 0 Å². The van der Waals surface area contributed by atoms with Crippen LogP contribution in [0.2, 0.25) is 0 Å². The Labute approximate surface area is 199 Å². The Morgan fingerprint density at radius 1 is 0.618 bits per heavy atom. The zero-order valence-corrected chi connectivity index (χ0v) is 18.8. The van der Waals surface area contributed by atoms with Gasteiger partial charge in [-0.25, -0.2) is 4.99 Å². The molecule has 1 heterocycles. The van der Waals surface area contributed by atoms with Crippen LogP contribution in [-0.4, -0.2) is 5.96 Å². The van der Waals surface area contributed by atoms with E-state index in [0.29, 0.717) is 19.2 Å². The molecule has 0 amide bonds. The fraction of sp³-hybridized carbons (Fsp3) is 0.138. The molecular weight excluding hydrogens is 422 g/mol. The first-order valence-electron chi connectivity index (χ1n) is 11.4. The van der Waals surface area contributed by atoms with Gasteiger partial charge in [-0.2, -0.15) is 0 Å².